The van der Waals surface area contributed by atoms with Gasteiger partial charge in [0, 0.05) is 44.6 Å². The van der Waals surface area contributed by atoms with Crippen LogP contribution < -0.4 is 11.1 Å². The van der Waals surface area contributed by atoms with Gasteiger partial charge in [-0.2, -0.15) is 5.10 Å². The predicted octanol–water partition coefficient (Wildman–Crippen LogP) is 1.66. The lowest BCUT2D eigenvalue weighted by Crippen LogP contribution is -2.25. The second-order valence-corrected chi connectivity index (χ2v) is 6.79. The van der Waals surface area contributed by atoms with E-state index in [1.54, 1.807) is 22.5 Å². The number of amides is 2. The molecule has 0 spiro atoms. The number of nitrogens with one attached hydrogen (secondary N) is 1. The van der Waals surface area contributed by atoms with Gasteiger partial charge >= 0.3 is 0 Å². The molecule has 0 aliphatic rings. The van der Waals surface area contributed by atoms with Crippen LogP contribution in [0.15, 0.2) is 54.9 Å². The van der Waals surface area contributed by atoms with Gasteiger partial charge in [0.1, 0.15) is 0 Å². The number of hydrogen-bond acceptors (Lipinski definition) is 6. The van der Waals surface area contributed by atoms with E-state index in [1.165, 1.54) is 0 Å². The van der Waals surface area contributed by atoms with Gasteiger partial charge in [0.05, 0.1) is 17.5 Å². The standard InChI is InChI=1S/C21H22N6O2.CH3NO/c1-26-19(17(14-23-26)21(28)22-10-6-12-29-2)16-9-11-27-18(13-16)24-20(25-27)15-7-4-3-5-8-15;2-1-3/h3-5,7-9,11,13-14H,6,10,12H2,1-2H3,(H,22,28);1H,(H2,2,3). The van der Waals surface area contributed by atoms with Gasteiger partial charge in [-0.1, -0.05) is 30.3 Å². The molecule has 4 rings (SSSR count). The lowest BCUT2D eigenvalue weighted by atomic mass is 10.1. The Morgan fingerprint density at radius 3 is 2.69 bits per heavy atom. The van der Waals surface area contributed by atoms with E-state index in [-0.39, 0.29) is 12.3 Å². The molecule has 10 nitrogen and oxygen atoms in total. The third-order valence-electron chi connectivity index (χ3n) is 4.64. The fraction of sp³-hybridized carbons (Fsp3) is 0.227. The van der Waals surface area contributed by atoms with Crippen molar-refractivity contribution in [1.29, 1.82) is 0 Å². The second kappa shape index (κ2) is 10.8. The summed E-state index contributed by atoms with van der Waals surface area (Å²) in [4.78, 5) is 25.8. The van der Waals surface area contributed by atoms with Crippen molar-refractivity contribution in [3.05, 3.63) is 60.4 Å². The number of aromatic nitrogens is 5. The highest BCUT2D eigenvalue weighted by Gasteiger charge is 2.18. The molecule has 32 heavy (non-hydrogen) atoms. The third-order valence-corrected chi connectivity index (χ3v) is 4.64. The van der Waals surface area contributed by atoms with E-state index in [4.69, 9.17) is 9.53 Å². The normalized spacial score (nSPS) is 10.4. The first-order chi connectivity index (χ1) is 15.6. The molecule has 0 fully saturated rings. The van der Waals surface area contributed by atoms with Crippen molar-refractivity contribution >= 4 is 18.0 Å². The fourth-order valence-electron chi connectivity index (χ4n) is 3.20. The van der Waals surface area contributed by atoms with Crippen LogP contribution in [0.2, 0.25) is 0 Å². The summed E-state index contributed by atoms with van der Waals surface area (Å²) in [6, 6.07) is 13.7. The van der Waals surface area contributed by atoms with Crippen molar-refractivity contribution in [2.45, 2.75) is 6.42 Å². The van der Waals surface area contributed by atoms with Gasteiger partial charge in [-0.05, 0) is 18.6 Å². The monoisotopic (exact) mass is 435 g/mol. The Hall–Kier alpha value is -4.05. The number of carbonyl (C=O) groups excluding carboxylic acids is 2. The highest BCUT2D eigenvalue weighted by molar-refractivity contribution is 6.00. The number of nitrogens with zero attached hydrogens (tertiary/aromatic N) is 5. The van der Waals surface area contributed by atoms with Crippen LogP contribution in [0.1, 0.15) is 16.8 Å². The summed E-state index contributed by atoms with van der Waals surface area (Å²) in [6.07, 6.45) is 4.44. The van der Waals surface area contributed by atoms with Crippen molar-refractivity contribution in [2.75, 3.05) is 20.3 Å². The number of fused-ring (bicyclic) bond motifs is 1. The summed E-state index contributed by atoms with van der Waals surface area (Å²) in [5.41, 5.74) is 7.94. The molecular formula is C22H25N7O3. The van der Waals surface area contributed by atoms with Gasteiger partial charge in [-0.25, -0.2) is 9.50 Å². The van der Waals surface area contributed by atoms with E-state index in [9.17, 15) is 4.79 Å². The van der Waals surface area contributed by atoms with Crippen molar-refractivity contribution in [3.8, 4) is 22.6 Å². The fourth-order valence-corrected chi connectivity index (χ4v) is 3.20. The molecule has 2 amide bonds. The summed E-state index contributed by atoms with van der Waals surface area (Å²) in [5, 5.41) is 11.7. The highest BCUT2D eigenvalue weighted by Crippen LogP contribution is 2.25. The first-order valence-corrected chi connectivity index (χ1v) is 9.95. The van der Waals surface area contributed by atoms with Crippen molar-refractivity contribution in [2.24, 2.45) is 12.8 Å². The highest BCUT2D eigenvalue weighted by atomic mass is 16.5. The Kier molecular flexibility index (Phi) is 7.65. The van der Waals surface area contributed by atoms with Crippen LogP contribution in [-0.4, -0.2) is 57.0 Å². The molecule has 4 aromatic rings. The topological polar surface area (TPSA) is 129 Å². The zero-order valence-corrected chi connectivity index (χ0v) is 17.9. The minimum absolute atomic E-state index is 0.157. The van der Waals surface area contributed by atoms with Gasteiger partial charge in [0.15, 0.2) is 11.5 Å². The van der Waals surface area contributed by atoms with Crippen LogP contribution in [-0.2, 0) is 16.6 Å². The Bertz CT molecular complexity index is 1180. The number of hydrogen-bond donors (Lipinski definition) is 2. The molecule has 3 aromatic heterocycles. The third kappa shape index (κ3) is 5.16. The summed E-state index contributed by atoms with van der Waals surface area (Å²) >= 11 is 0. The molecule has 1 aromatic carbocycles. The number of benzene rings is 1. The molecule has 0 saturated heterocycles. The molecule has 3 N–H and O–H groups in total. The Morgan fingerprint density at radius 2 is 1.97 bits per heavy atom. The van der Waals surface area contributed by atoms with Gasteiger partial charge in [-0.15, -0.1) is 5.10 Å². The Labute approximate surface area is 185 Å². The number of pyridine rings is 1. The largest absolute Gasteiger partial charge is 0.385 e. The summed E-state index contributed by atoms with van der Waals surface area (Å²) in [6.45, 7) is 1.15. The molecule has 0 unspecified atom stereocenters. The van der Waals surface area contributed by atoms with E-state index in [0.29, 0.717) is 30.2 Å². The number of ether oxygens (including phenoxy) is 1. The number of methoxy groups -OCH3 is 1. The smallest absolute Gasteiger partial charge is 0.255 e. The number of rotatable bonds is 7. The molecular weight excluding hydrogens is 410 g/mol. The van der Waals surface area contributed by atoms with Crippen molar-refractivity contribution in [1.82, 2.24) is 29.7 Å². The average Bonchev–Trinajstić information content (AvgIpc) is 3.40. The molecule has 0 radical (unpaired) electrons. The maximum atomic E-state index is 12.6. The minimum atomic E-state index is -0.157. The molecule has 0 aliphatic heterocycles. The van der Waals surface area contributed by atoms with Crippen LogP contribution in [0.4, 0.5) is 0 Å². The molecule has 0 bridgehead atoms. The SMILES string of the molecule is COCCCNC(=O)c1cnn(C)c1-c1ccn2nc(-c3ccccc3)nc2c1.NC=O. The van der Waals surface area contributed by atoms with Crippen LogP contribution >= 0.6 is 0 Å². The molecule has 10 heteroatoms. The second-order valence-electron chi connectivity index (χ2n) is 6.79. The molecule has 0 atom stereocenters. The van der Waals surface area contributed by atoms with Crippen molar-refractivity contribution < 1.29 is 14.3 Å². The first-order valence-electron chi connectivity index (χ1n) is 9.95. The first kappa shape index (κ1) is 22.6. The predicted molar refractivity (Wildman–Crippen MR) is 120 cm³/mol. The zero-order chi connectivity index (χ0) is 22.9. The van der Waals surface area contributed by atoms with Crippen LogP contribution in [0.25, 0.3) is 28.3 Å². The van der Waals surface area contributed by atoms with E-state index >= 15 is 0 Å². The minimum Gasteiger partial charge on any atom is -0.385 e. The van der Waals surface area contributed by atoms with Crippen molar-refractivity contribution in [3.63, 3.8) is 0 Å². The maximum Gasteiger partial charge on any atom is 0.255 e. The lowest BCUT2D eigenvalue weighted by molar-refractivity contribution is -0.106. The van der Waals surface area contributed by atoms with E-state index in [1.807, 2.05) is 55.7 Å². The van der Waals surface area contributed by atoms with E-state index < -0.39 is 0 Å². The van der Waals surface area contributed by atoms with Crippen LogP contribution in [0, 0.1) is 0 Å². The molecule has 0 aliphatic carbocycles. The maximum absolute atomic E-state index is 12.6. The number of primary amides is 1. The van der Waals surface area contributed by atoms with E-state index in [2.05, 4.69) is 26.2 Å². The van der Waals surface area contributed by atoms with Gasteiger partial charge in [0.2, 0.25) is 6.41 Å². The van der Waals surface area contributed by atoms with Crippen LogP contribution in [0.3, 0.4) is 0 Å². The molecule has 0 saturated carbocycles. The number of carbonyl (C=O) groups is 2. The molecule has 3 heterocycles. The quantitative estimate of drug-likeness (QED) is 0.335. The Balaban J connectivity index is 0.000000913. The Morgan fingerprint density at radius 1 is 1.22 bits per heavy atom. The lowest BCUT2D eigenvalue weighted by Gasteiger charge is -2.08. The van der Waals surface area contributed by atoms with Gasteiger partial charge in [0.25, 0.3) is 5.91 Å². The number of nitrogens with two attached hydrogens (primary N) is 1. The van der Waals surface area contributed by atoms with Crippen LogP contribution in [0.5, 0.6) is 0 Å². The zero-order valence-electron chi connectivity index (χ0n) is 17.9. The number of aryl methyl sites for hydroxylation is 1. The average molecular weight is 435 g/mol. The molecule has 166 valence electrons. The summed E-state index contributed by atoms with van der Waals surface area (Å²) in [7, 11) is 3.46. The summed E-state index contributed by atoms with van der Waals surface area (Å²) < 4.78 is 8.45. The van der Waals surface area contributed by atoms with Gasteiger partial charge in [-0.3, -0.25) is 14.3 Å². The van der Waals surface area contributed by atoms with E-state index in [0.717, 1.165) is 23.2 Å². The summed E-state index contributed by atoms with van der Waals surface area (Å²) in [5.74, 6) is 0.499. The van der Waals surface area contributed by atoms with Gasteiger partial charge < -0.3 is 15.8 Å².